The van der Waals surface area contributed by atoms with Crippen molar-refractivity contribution >= 4 is 27.6 Å². The number of aromatic carboxylic acids is 1. The second-order valence-corrected chi connectivity index (χ2v) is 7.09. The summed E-state index contributed by atoms with van der Waals surface area (Å²) in [7, 11) is -3.91. The number of hydrogen-bond donors (Lipinski definition) is 1. The van der Waals surface area contributed by atoms with Crippen LogP contribution in [0.2, 0.25) is 0 Å². The van der Waals surface area contributed by atoms with Crippen LogP contribution in [0, 0.1) is 6.92 Å². The number of aromatic nitrogens is 1. The predicted octanol–water partition coefficient (Wildman–Crippen LogP) is 2.64. The summed E-state index contributed by atoms with van der Waals surface area (Å²) in [5.74, 6) is -1.29. The number of benzene rings is 1. The molecule has 0 spiro atoms. The quantitative estimate of drug-likeness (QED) is 0.871. The topological polar surface area (TPSA) is 84.3 Å². The fraction of sp³-hybridized carbons (Fsp3) is 0.143. The molecule has 7 heteroatoms. The summed E-state index contributed by atoms with van der Waals surface area (Å²) in [5, 5.41) is 9.70. The van der Waals surface area contributed by atoms with Crippen molar-refractivity contribution in [2.24, 2.45) is 0 Å². The number of aryl methyl sites for hydroxylation is 1. The lowest BCUT2D eigenvalue weighted by Gasteiger charge is -2.09. The van der Waals surface area contributed by atoms with E-state index in [1.54, 1.807) is 25.3 Å². The van der Waals surface area contributed by atoms with Gasteiger partial charge < -0.3 is 5.11 Å². The molecule has 110 valence electrons. The Hall–Kier alpha value is -1.86. The Labute approximate surface area is 127 Å². The maximum Gasteiger partial charge on any atom is 0.337 e. The van der Waals surface area contributed by atoms with Crippen molar-refractivity contribution in [3.63, 3.8) is 0 Å². The van der Waals surface area contributed by atoms with Crippen LogP contribution >= 0.6 is 11.8 Å². The Morgan fingerprint density at radius 3 is 2.57 bits per heavy atom. The Balaban J connectivity index is 2.68. The third kappa shape index (κ3) is 3.08. The van der Waals surface area contributed by atoms with Gasteiger partial charge in [0.05, 0.1) is 15.5 Å². The number of rotatable bonds is 4. The van der Waals surface area contributed by atoms with Crippen molar-refractivity contribution in [3.8, 4) is 0 Å². The van der Waals surface area contributed by atoms with Crippen LogP contribution in [0.15, 0.2) is 51.3 Å². The second kappa shape index (κ2) is 5.87. The van der Waals surface area contributed by atoms with Crippen LogP contribution in [0.4, 0.5) is 0 Å². The lowest BCUT2D eigenvalue weighted by atomic mass is 10.2. The van der Waals surface area contributed by atoms with E-state index in [4.69, 9.17) is 0 Å². The average Bonchev–Trinajstić information content (AvgIpc) is 2.46. The van der Waals surface area contributed by atoms with Gasteiger partial charge >= 0.3 is 5.97 Å². The first kappa shape index (κ1) is 15.5. The van der Waals surface area contributed by atoms with Gasteiger partial charge in [0.25, 0.3) is 0 Å². The number of sulfone groups is 1. The summed E-state index contributed by atoms with van der Waals surface area (Å²) >= 11 is 1.25. The Morgan fingerprint density at radius 2 is 2.00 bits per heavy atom. The molecule has 0 fully saturated rings. The van der Waals surface area contributed by atoms with Crippen molar-refractivity contribution in [2.75, 3.05) is 6.26 Å². The van der Waals surface area contributed by atoms with E-state index in [1.165, 1.54) is 30.0 Å². The standard InChI is InChI=1S/C14H13NO4S2/c1-9-4-3-5-10(6-9)21(18,19)12-8-15-13(20-2)7-11(12)14(16)17/h3-8H,1-2H3,(H,16,17). The van der Waals surface area contributed by atoms with Gasteiger partial charge in [-0.1, -0.05) is 12.1 Å². The smallest absolute Gasteiger partial charge is 0.337 e. The molecule has 0 saturated heterocycles. The molecular weight excluding hydrogens is 310 g/mol. The van der Waals surface area contributed by atoms with E-state index >= 15 is 0 Å². The third-order valence-corrected chi connectivity index (χ3v) is 5.29. The van der Waals surface area contributed by atoms with E-state index in [2.05, 4.69) is 4.98 Å². The van der Waals surface area contributed by atoms with E-state index in [9.17, 15) is 18.3 Å². The minimum absolute atomic E-state index is 0.0590. The van der Waals surface area contributed by atoms with Gasteiger partial charge in [-0.25, -0.2) is 18.2 Å². The summed E-state index contributed by atoms with van der Waals surface area (Å²) < 4.78 is 25.2. The van der Waals surface area contributed by atoms with Crippen LogP contribution in [0.3, 0.4) is 0 Å². The van der Waals surface area contributed by atoms with Crippen LogP contribution in [-0.2, 0) is 9.84 Å². The number of carboxylic acid groups (broad SMARTS) is 1. The van der Waals surface area contributed by atoms with Gasteiger partial charge in [-0.05, 0) is 36.9 Å². The monoisotopic (exact) mass is 323 g/mol. The molecule has 2 aromatic rings. The molecule has 1 aromatic carbocycles. The van der Waals surface area contributed by atoms with Crippen LogP contribution in [-0.4, -0.2) is 30.7 Å². The fourth-order valence-corrected chi connectivity index (χ4v) is 3.70. The first-order valence-corrected chi connectivity index (χ1v) is 8.66. The summed E-state index contributed by atoms with van der Waals surface area (Å²) in [6, 6.07) is 7.61. The summed E-state index contributed by atoms with van der Waals surface area (Å²) in [4.78, 5) is 15.1. The van der Waals surface area contributed by atoms with Gasteiger partial charge in [0.15, 0.2) is 0 Å². The maximum absolute atomic E-state index is 12.6. The zero-order valence-corrected chi connectivity index (χ0v) is 13.0. The summed E-state index contributed by atoms with van der Waals surface area (Å²) in [6.45, 7) is 1.77. The van der Waals surface area contributed by atoms with Gasteiger partial charge in [-0.15, -0.1) is 11.8 Å². The van der Waals surface area contributed by atoms with Crippen molar-refractivity contribution in [3.05, 3.63) is 47.7 Å². The minimum Gasteiger partial charge on any atom is -0.478 e. The zero-order chi connectivity index (χ0) is 15.6. The van der Waals surface area contributed by atoms with E-state index in [0.29, 0.717) is 5.03 Å². The number of pyridine rings is 1. The number of carbonyl (C=O) groups is 1. The SMILES string of the molecule is CSc1cc(C(=O)O)c(S(=O)(=O)c2cccc(C)c2)cn1. The van der Waals surface area contributed by atoms with Crippen LogP contribution < -0.4 is 0 Å². The van der Waals surface area contributed by atoms with E-state index in [-0.39, 0.29) is 15.4 Å². The molecule has 21 heavy (non-hydrogen) atoms. The molecule has 1 N–H and O–H groups in total. The lowest BCUT2D eigenvalue weighted by molar-refractivity contribution is 0.0692. The molecule has 0 aliphatic heterocycles. The largest absolute Gasteiger partial charge is 0.478 e. The molecule has 1 aromatic heterocycles. The predicted molar refractivity (Wildman–Crippen MR) is 79.6 cm³/mol. The number of thioether (sulfide) groups is 1. The molecule has 5 nitrogen and oxygen atoms in total. The van der Waals surface area contributed by atoms with Gasteiger partial charge in [0.2, 0.25) is 9.84 Å². The highest BCUT2D eigenvalue weighted by molar-refractivity contribution is 7.98. The number of nitrogens with zero attached hydrogens (tertiary/aromatic N) is 1. The molecule has 0 atom stereocenters. The van der Waals surface area contributed by atoms with Crippen molar-refractivity contribution < 1.29 is 18.3 Å². The van der Waals surface area contributed by atoms with E-state index < -0.39 is 15.8 Å². The van der Waals surface area contributed by atoms with Crippen molar-refractivity contribution in [1.82, 2.24) is 4.98 Å². The van der Waals surface area contributed by atoms with Crippen LogP contribution in [0.25, 0.3) is 0 Å². The molecule has 0 amide bonds. The van der Waals surface area contributed by atoms with Gasteiger partial charge in [-0.2, -0.15) is 0 Å². The second-order valence-electron chi connectivity index (χ2n) is 4.35. The highest BCUT2D eigenvalue weighted by Gasteiger charge is 2.25. The highest BCUT2D eigenvalue weighted by atomic mass is 32.2. The number of hydrogen-bond acceptors (Lipinski definition) is 5. The Morgan fingerprint density at radius 1 is 1.29 bits per heavy atom. The van der Waals surface area contributed by atoms with Crippen molar-refractivity contribution in [1.29, 1.82) is 0 Å². The first-order chi connectivity index (χ1) is 9.86. The Bertz CT molecular complexity index is 800. The van der Waals surface area contributed by atoms with E-state index in [0.717, 1.165) is 11.8 Å². The lowest BCUT2D eigenvalue weighted by Crippen LogP contribution is -2.11. The molecular formula is C14H13NO4S2. The van der Waals surface area contributed by atoms with Crippen LogP contribution in [0.1, 0.15) is 15.9 Å². The molecule has 2 rings (SSSR count). The van der Waals surface area contributed by atoms with Gasteiger partial charge in [0.1, 0.15) is 4.90 Å². The normalized spacial score (nSPS) is 11.3. The Kier molecular flexibility index (Phi) is 4.34. The minimum atomic E-state index is -3.91. The highest BCUT2D eigenvalue weighted by Crippen LogP contribution is 2.26. The van der Waals surface area contributed by atoms with Crippen molar-refractivity contribution in [2.45, 2.75) is 21.7 Å². The molecule has 0 bridgehead atoms. The average molecular weight is 323 g/mol. The molecule has 0 radical (unpaired) electrons. The van der Waals surface area contributed by atoms with Gasteiger partial charge in [-0.3, -0.25) is 0 Å². The molecule has 1 heterocycles. The van der Waals surface area contributed by atoms with E-state index in [1.807, 2.05) is 0 Å². The zero-order valence-electron chi connectivity index (χ0n) is 11.4. The fourth-order valence-electron chi connectivity index (χ4n) is 1.83. The molecule has 0 saturated carbocycles. The summed E-state index contributed by atoms with van der Waals surface area (Å²) in [5.41, 5.74) is 0.512. The number of carboxylic acids is 1. The first-order valence-electron chi connectivity index (χ1n) is 5.95. The maximum atomic E-state index is 12.6. The third-order valence-electron chi connectivity index (χ3n) is 2.87. The summed E-state index contributed by atoms with van der Waals surface area (Å²) in [6.07, 6.45) is 2.84. The molecule has 0 aliphatic rings. The van der Waals surface area contributed by atoms with Gasteiger partial charge in [0, 0.05) is 6.20 Å². The molecule has 0 aliphatic carbocycles. The van der Waals surface area contributed by atoms with Crippen LogP contribution in [0.5, 0.6) is 0 Å². The molecule has 0 unspecified atom stereocenters.